The van der Waals surface area contributed by atoms with Crippen LogP contribution in [0.3, 0.4) is 0 Å². The molecule has 2 aliphatic heterocycles. The minimum absolute atomic E-state index is 0.193. The number of carbonyl (C=O) groups excluding carboxylic acids is 1. The van der Waals surface area contributed by atoms with Crippen molar-refractivity contribution in [3.63, 3.8) is 0 Å². The predicted octanol–water partition coefficient (Wildman–Crippen LogP) is 2.83. The maximum Gasteiger partial charge on any atom is 0.308 e. The Bertz CT molecular complexity index is 886. The number of para-hydroxylation sites is 1. The van der Waals surface area contributed by atoms with Gasteiger partial charge in [0.05, 0.1) is 18.6 Å². The first-order valence-corrected chi connectivity index (χ1v) is 11.6. The van der Waals surface area contributed by atoms with Crippen molar-refractivity contribution in [1.82, 2.24) is 5.06 Å². The number of piperidine rings is 1. The molecule has 8 heteroatoms. The van der Waals surface area contributed by atoms with Crippen molar-refractivity contribution < 1.29 is 22.2 Å². The Kier molecular flexibility index (Phi) is 6.36. The summed E-state index contributed by atoms with van der Waals surface area (Å²) in [4.78, 5) is 13.9. The normalized spacial score (nSPS) is 20.1. The van der Waals surface area contributed by atoms with Crippen LogP contribution in [0, 0.1) is 5.92 Å². The summed E-state index contributed by atoms with van der Waals surface area (Å²) in [5.74, 6) is -0.641. The van der Waals surface area contributed by atoms with Crippen LogP contribution < -0.4 is 4.90 Å². The molecule has 0 amide bonds. The Morgan fingerprint density at radius 3 is 2.48 bits per heavy atom. The van der Waals surface area contributed by atoms with E-state index in [1.165, 1.54) is 12.2 Å². The van der Waals surface area contributed by atoms with Crippen molar-refractivity contribution in [1.29, 1.82) is 0 Å². The minimum Gasteiger partial charge on any atom is -0.469 e. The number of hydrogen-bond acceptors (Lipinski definition) is 7. The van der Waals surface area contributed by atoms with Crippen molar-refractivity contribution in [2.75, 3.05) is 37.4 Å². The highest BCUT2D eigenvalue weighted by molar-refractivity contribution is 7.87. The topological polar surface area (TPSA) is 76.2 Å². The molecule has 0 bridgehead atoms. The van der Waals surface area contributed by atoms with Gasteiger partial charge in [0, 0.05) is 30.9 Å². The number of rotatable bonds is 6. The van der Waals surface area contributed by atoms with E-state index in [1.807, 2.05) is 30.3 Å². The number of ether oxygens (including phenoxy) is 1. The van der Waals surface area contributed by atoms with Gasteiger partial charge in [0.1, 0.15) is 5.75 Å². The standard InChI is InChI=1S/C21H30N2O5S/c1-5-23-19-9-7-6-8-18(19)17(14-21(23,2)3)15-29(25,26)28-22-12-10-16(11-13-22)20(24)27-4/h6-9,14,16H,5,10-13,15H2,1-4H3. The van der Waals surface area contributed by atoms with Crippen molar-refractivity contribution in [2.45, 2.75) is 39.2 Å². The van der Waals surface area contributed by atoms with Crippen LogP contribution in [0.15, 0.2) is 30.3 Å². The maximum absolute atomic E-state index is 12.8. The van der Waals surface area contributed by atoms with Crippen LogP contribution >= 0.6 is 0 Å². The van der Waals surface area contributed by atoms with Crippen molar-refractivity contribution in [3.05, 3.63) is 35.9 Å². The number of esters is 1. The van der Waals surface area contributed by atoms with Gasteiger partial charge in [-0.05, 0) is 45.3 Å². The molecule has 0 aliphatic carbocycles. The molecule has 0 N–H and O–H groups in total. The highest BCUT2D eigenvalue weighted by atomic mass is 32.2. The van der Waals surface area contributed by atoms with E-state index in [9.17, 15) is 13.2 Å². The Balaban J connectivity index is 1.73. The third-order valence-electron chi connectivity index (χ3n) is 5.62. The molecule has 29 heavy (non-hydrogen) atoms. The first-order chi connectivity index (χ1) is 13.7. The molecule has 2 aliphatic rings. The van der Waals surface area contributed by atoms with Gasteiger partial charge in [0.15, 0.2) is 0 Å². The second-order valence-electron chi connectivity index (χ2n) is 8.09. The highest BCUT2D eigenvalue weighted by Gasteiger charge is 2.34. The molecule has 160 valence electrons. The Morgan fingerprint density at radius 1 is 1.21 bits per heavy atom. The molecular formula is C21H30N2O5S. The van der Waals surface area contributed by atoms with Crippen LogP contribution in [0.25, 0.3) is 5.57 Å². The van der Waals surface area contributed by atoms with Gasteiger partial charge in [-0.2, -0.15) is 17.8 Å². The third-order valence-corrected chi connectivity index (χ3v) is 6.72. The lowest BCUT2D eigenvalue weighted by molar-refractivity contribution is -0.150. The van der Waals surface area contributed by atoms with Crippen LogP contribution in [0.4, 0.5) is 5.69 Å². The first-order valence-electron chi connectivity index (χ1n) is 10.0. The van der Waals surface area contributed by atoms with Gasteiger partial charge in [-0.15, -0.1) is 0 Å². The molecule has 2 heterocycles. The summed E-state index contributed by atoms with van der Waals surface area (Å²) in [5.41, 5.74) is 2.41. The van der Waals surface area contributed by atoms with Crippen LogP contribution in [0.2, 0.25) is 0 Å². The zero-order valence-electron chi connectivity index (χ0n) is 17.6. The average Bonchev–Trinajstić information content (AvgIpc) is 2.67. The average molecular weight is 423 g/mol. The van der Waals surface area contributed by atoms with Crippen molar-refractivity contribution in [2.24, 2.45) is 5.92 Å². The summed E-state index contributed by atoms with van der Waals surface area (Å²) < 4.78 is 35.7. The Hall–Kier alpha value is -1.90. The van der Waals surface area contributed by atoms with Gasteiger partial charge in [-0.1, -0.05) is 24.3 Å². The number of likely N-dealkylation sites (N-methyl/N-ethyl adjacent to an activating group) is 1. The summed E-state index contributed by atoms with van der Waals surface area (Å²) in [6, 6.07) is 7.87. The van der Waals surface area contributed by atoms with E-state index in [4.69, 9.17) is 9.02 Å². The van der Waals surface area contributed by atoms with E-state index in [-0.39, 0.29) is 23.2 Å². The SMILES string of the molecule is CCN1c2ccccc2C(CS(=O)(=O)ON2CCC(C(=O)OC)CC2)=CC1(C)C. The van der Waals surface area contributed by atoms with Gasteiger partial charge < -0.3 is 9.64 Å². The van der Waals surface area contributed by atoms with Gasteiger partial charge >= 0.3 is 5.97 Å². The molecule has 0 spiro atoms. The monoisotopic (exact) mass is 422 g/mol. The molecule has 1 aromatic carbocycles. The largest absolute Gasteiger partial charge is 0.469 e. The van der Waals surface area contributed by atoms with Gasteiger partial charge in [-0.3, -0.25) is 4.79 Å². The molecule has 3 rings (SSSR count). The lowest BCUT2D eigenvalue weighted by atomic mass is 9.89. The van der Waals surface area contributed by atoms with Crippen LogP contribution in [0.5, 0.6) is 0 Å². The van der Waals surface area contributed by atoms with Gasteiger partial charge in [-0.25, -0.2) is 0 Å². The number of carbonyl (C=O) groups is 1. The molecule has 1 aromatic rings. The first kappa shape index (κ1) is 21.8. The quantitative estimate of drug-likeness (QED) is 0.653. The third kappa shape index (κ3) is 4.82. The molecule has 0 unspecified atom stereocenters. The summed E-state index contributed by atoms with van der Waals surface area (Å²) in [6.45, 7) is 7.84. The number of nitrogens with zero attached hydrogens (tertiary/aromatic N) is 2. The van der Waals surface area contributed by atoms with Gasteiger partial charge in [0.25, 0.3) is 10.1 Å². The summed E-state index contributed by atoms with van der Waals surface area (Å²) >= 11 is 0. The van der Waals surface area contributed by atoms with E-state index in [0.717, 1.165) is 23.4 Å². The second kappa shape index (κ2) is 8.45. The van der Waals surface area contributed by atoms with E-state index >= 15 is 0 Å². The van der Waals surface area contributed by atoms with Gasteiger partial charge in [0.2, 0.25) is 0 Å². The lowest BCUT2D eigenvalue weighted by Crippen LogP contribution is -2.45. The number of benzene rings is 1. The van der Waals surface area contributed by atoms with Crippen molar-refractivity contribution >= 4 is 27.3 Å². The van der Waals surface area contributed by atoms with E-state index < -0.39 is 10.1 Å². The summed E-state index contributed by atoms with van der Waals surface area (Å²) in [5, 5.41) is 1.44. The molecule has 0 saturated carbocycles. The molecule has 1 saturated heterocycles. The zero-order valence-corrected chi connectivity index (χ0v) is 18.4. The molecule has 7 nitrogen and oxygen atoms in total. The lowest BCUT2D eigenvalue weighted by Gasteiger charge is -2.43. The smallest absolute Gasteiger partial charge is 0.308 e. The zero-order chi connectivity index (χ0) is 21.2. The van der Waals surface area contributed by atoms with E-state index in [0.29, 0.717) is 25.9 Å². The van der Waals surface area contributed by atoms with E-state index in [1.54, 1.807) is 0 Å². The number of anilines is 1. The van der Waals surface area contributed by atoms with Crippen LogP contribution in [-0.2, 0) is 23.9 Å². The molecular weight excluding hydrogens is 392 g/mol. The number of fused-ring (bicyclic) bond motifs is 1. The minimum atomic E-state index is -3.82. The molecule has 1 fully saturated rings. The number of hydrogen-bond donors (Lipinski definition) is 0. The summed E-state index contributed by atoms with van der Waals surface area (Å²) in [6.07, 6.45) is 3.06. The predicted molar refractivity (Wildman–Crippen MR) is 113 cm³/mol. The highest BCUT2D eigenvalue weighted by Crippen LogP contribution is 2.39. The molecule has 0 aromatic heterocycles. The molecule has 0 atom stereocenters. The second-order valence-corrected chi connectivity index (χ2v) is 9.64. The molecule has 0 radical (unpaired) electrons. The fraction of sp³-hybridized carbons (Fsp3) is 0.571. The maximum atomic E-state index is 12.8. The number of hydroxylamine groups is 2. The fourth-order valence-electron chi connectivity index (χ4n) is 4.28. The van der Waals surface area contributed by atoms with E-state index in [2.05, 4.69) is 25.7 Å². The summed E-state index contributed by atoms with van der Waals surface area (Å²) in [7, 11) is -2.45. The van der Waals surface area contributed by atoms with Crippen molar-refractivity contribution in [3.8, 4) is 0 Å². The Morgan fingerprint density at radius 2 is 1.86 bits per heavy atom. The van der Waals surface area contributed by atoms with Crippen LogP contribution in [0.1, 0.15) is 39.2 Å². The number of methoxy groups -OCH3 is 1. The fourth-order valence-corrected chi connectivity index (χ4v) is 5.42. The Labute approximate surface area is 173 Å². The van der Waals surface area contributed by atoms with Crippen LogP contribution in [-0.4, -0.2) is 57.5 Å².